The number of nitrogens with two attached hydrogens (primary N) is 1. The quantitative estimate of drug-likeness (QED) is 0.507. The summed E-state index contributed by atoms with van der Waals surface area (Å²) in [5.41, 5.74) is 10.1. The molecule has 5 rings (SSSR count). The standard InChI is InChI=1S/C19H24N4O3S/c1-23-8-7-18-14-10-3-4-12(25-2)15(14)26-16(18)11(21-22-17(20)27)5-6-19(18,24)13(23)9-10/h3-4,13,16,24H,5-9H2,1-2H3,(H3,20,22,27)/t13-,16+,18+,19-/m1/s1. The predicted molar refractivity (Wildman–Crippen MR) is 105 cm³/mol. The van der Waals surface area contributed by atoms with Crippen LogP contribution in [0.2, 0.25) is 0 Å². The molecule has 27 heavy (non-hydrogen) atoms. The van der Waals surface area contributed by atoms with Crippen molar-refractivity contribution in [3.8, 4) is 11.5 Å². The lowest BCUT2D eigenvalue weighted by Crippen LogP contribution is -2.76. The summed E-state index contributed by atoms with van der Waals surface area (Å²) in [6.45, 7) is 0.902. The zero-order chi connectivity index (χ0) is 19.0. The van der Waals surface area contributed by atoms with Gasteiger partial charge in [0, 0.05) is 11.6 Å². The van der Waals surface area contributed by atoms with Gasteiger partial charge in [-0.3, -0.25) is 5.43 Å². The van der Waals surface area contributed by atoms with Gasteiger partial charge in [0.05, 0.1) is 23.8 Å². The minimum absolute atomic E-state index is 0.0642. The van der Waals surface area contributed by atoms with E-state index in [9.17, 15) is 5.11 Å². The summed E-state index contributed by atoms with van der Waals surface area (Å²) < 4.78 is 12.1. The largest absolute Gasteiger partial charge is 0.493 e. The van der Waals surface area contributed by atoms with E-state index in [0.717, 1.165) is 36.4 Å². The number of hydrazone groups is 1. The van der Waals surface area contributed by atoms with Crippen molar-refractivity contribution in [1.82, 2.24) is 10.3 Å². The van der Waals surface area contributed by atoms with Gasteiger partial charge in [-0.2, -0.15) is 5.10 Å². The molecule has 1 spiro atoms. The summed E-state index contributed by atoms with van der Waals surface area (Å²) in [7, 11) is 3.75. The number of thiocarbonyl (C=S) groups is 1. The smallest absolute Gasteiger partial charge is 0.184 e. The van der Waals surface area contributed by atoms with Gasteiger partial charge in [0.25, 0.3) is 0 Å². The van der Waals surface area contributed by atoms with Gasteiger partial charge >= 0.3 is 0 Å². The van der Waals surface area contributed by atoms with Crippen LogP contribution in [0.1, 0.15) is 30.4 Å². The first-order valence-corrected chi connectivity index (χ1v) is 9.74. The SMILES string of the molecule is COc1ccc2c3c1O[C@H]1C(=NNC(N)=S)CC[C@@]4(O)[C@@H](C2)N(C)CC[C@]314. The number of benzene rings is 1. The van der Waals surface area contributed by atoms with Crippen LogP contribution in [0.3, 0.4) is 0 Å². The van der Waals surface area contributed by atoms with E-state index in [-0.39, 0.29) is 17.3 Å². The molecule has 1 aromatic carbocycles. The number of methoxy groups -OCH3 is 1. The van der Waals surface area contributed by atoms with Crippen LogP contribution in [-0.4, -0.2) is 59.3 Å². The fourth-order valence-corrected chi connectivity index (χ4v) is 5.99. The predicted octanol–water partition coefficient (Wildman–Crippen LogP) is 0.668. The van der Waals surface area contributed by atoms with Gasteiger partial charge in [-0.15, -0.1) is 0 Å². The molecule has 0 amide bonds. The normalized spacial score (nSPS) is 37.5. The number of nitrogens with one attached hydrogen (secondary N) is 1. The lowest BCUT2D eigenvalue weighted by molar-refractivity contribution is -0.160. The maximum absolute atomic E-state index is 12.1. The number of likely N-dealkylation sites (N-methyl/N-ethyl adjacent to an activating group) is 1. The molecule has 2 aliphatic carbocycles. The Bertz CT molecular complexity index is 875. The number of ether oxygens (including phenoxy) is 2. The van der Waals surface area contributed by atoms with Crippen molar-refractivity contribution in [3.05, 3.63) is 23.3 Å². The van der Waals surface area contributed by atoms with Crippen LogP contribution in [-0.2, 0) is 11.8 Å². The highest BCUT2D eigenvalue weighted by molar-refractivity contribution is 7.80. The molecule has 1 saturated heterocycles. The van der Waals surface area contributed by atoms with E-state index < -0.39 is 11.0 Å². The number of likely N-dealkylation sites (tertiary alicyclic amines) is 1. The molecule has 0 unspecified atom stereocenters. The van der Waals surface area contributed by atoms with E-state index in [4.69, 9.17) is 27.4 Å². The van der Waals surface area contributed by atoms with Gasteiger partial charge < -0.3 is 25.2 Å². The van der Waals surface area contributed by atoms with Crippen molar-refractivity contribution in [2.75, 3.05) is 20.7 Å². The van der Waals surface area contributed by atoms with Crippen molar-refractivity contribution in [1.29, 1.82) is 0 Å². The zero-order valence-electron chi connectivity index (χ0n) is 15.5. The number of hydrogen-bond donors (Lipinski definition) is 3. The lowest BCUT2D eigenvalue weighted by Gasteiger charge is -2.62. The molecule has 2 fully saturated rings. The molecular weight excluding hydrogens is 364 g/mol. The average molecular weight is 388 g/mol. The molecule has 8 heteroatoms. The highest BCUT2D eigenvalue weighted by atomic mass is 32.1. The van der Waals surface area contributed by atoms with Gasteiger partial charge in [0.1, 0.15) is 0 Å². The van der Waals surface area contributed by atoms with Gasteiger partial charge in [0.15, 0.2) is 22.7 Å². The number of piperidine rings is 1. The summed E-state index contributed by atoms with van der Waals surface area (Å²) in [4.78, 5) is 2.29. The van der Waals surface area contributed by atoms with Crippen molar-refractivity contribution in [2.45, 2.75) is 48.8 Å². The van der Waals surface area contributed by atoms with E-state index in [1.807, 2.05) is 6.07 Å². The molecule has 144 valence electrons. The van der Waals surface area contributed by atoms with E-state index in [1.165, 1.54) is 5.56 Å². The second kappa shape index (κ2) is 5.56. The summed E-state index contributed by atoms with van der Waals surface area (Å²) in [6.07, 6.45) is 2.54. The van der Waals surface area contributed by atoms with Crippen LogP contribution in [0.15, 0.2) is 17.2 Å². The molecule has 2 heterocycles. The monoisotopic (exact) mass is 388 g/mol. The zero-order valence-corrected chi connectivity index (χ0v) is 16.3. The number of rotatable bonds is 2. The number of nitrogens with zero attached hydrogens (tertiary/aromatic N) is 2. The Morgan fingerprint density at radius 3 is 3.04 bits per heavy atom. The fourth-order valence-electron chi connectivity index (χ4n) is 5.94. The Hall–Kier alpha value is -1.90. The minimum atomic E-state index is -0.864. The second-order valence-electron chi connectivity index (χ2n) is 8.05. The Labute approximate surface area is 163 Å². The van der Waals surface area contributed by atoms with E-state index in [1.54, 1.807) is 7.11 Å². The van der Waals surface area contributed by atoms with Gasteiger partial charge in [-0.05, 0) is 63.1 Å². The fraction of sp³-hybridized carbons (Fsp3) is 0.579. The molecule has 1 saturated carbocycles. The van der Waals surface area contributed by atoms with E-state index in [0.29, 0.717) is 18.6 Å². The number of hydrogen-bond acceptors (Lipinski definition) is 6. The Morgan fingerprint density at radius 2 is 2.30 bits per heavy atom. The molecule has 0 radical (unpaired) electrons. The van der Waals surface area contributed by atoms with Crippen LogP contribution < -0.4 is 20.6 Å². The molecule has 4 N–H and O–H groups in total. The second-order valence-corrected chi connectivity index (χ2v) is 8.49. The van der Waals surface area contributed by atoms with Crippen LogP contribution >= 0.6 is 12.2 Å². The molecule has 0 aromatic heterocycles. The highest BCUT2D eigenvalue weighted by Crippen LogP contribution is 2.64. The first-order valence-electron chi connectivity index (χ1n) is 9.34. The molecule has 2 bridgehead atoms. The molecule has 7 nitrogen and oxygen atoms in total. The molecular formula is C19H24N4O3S. The first kappa shape index (κ1) is 17.2. The Kier molecular flexibility index (Phi) is 3.54. The van der Waals surface area contributed by atoms with Crippen LogP contribution in [0.25, 0.3) is 0 Å². The third kappa shape index (κ3) is 1.98. The molecule has 4 atom stereocenters. The van der Waals surface area contributed by atoms with E-state index in [2.05, 4.69) is 28.5 Å². The van der Waals surface area contributed by atoms with Crippen molar-refractivity contribution < 1.29 is 14.6 Å². The maximum atomic E-state index is 12.1. The van der Waals surface area contributed by atoms with Gasteiger partial charge in [-0.25, -0.2) is 0 Å². The van der Waals surface area contributed by atoms with Crippen LogP contribution in [0, 0.1) is 0 Å². The Balaban J connectivity index is 1.75. The number of aliphatic hydroxyl groups is 1. The summed E-state index contributed by atoms with van der Waals surface area (Å²) in [6, 6.07) is 4.15. The van der Waals surface area contributed by atoms with Gasteiger partial charge in [-0.1, -0.05) is 6.07 Å². The van der Waals surface area contributed by atoms with Crippen molar-refractivity contribution >= 4 is 23.0 Å². The first-order chi connectivity index (χ1) is 12.9. The van der Waals surface area contributed by atoms with E-state index >= 15 is 0 Å². The molecule has 1 aromatic rings. The summed E-state index contributed by atoms with van der Waals surface area (Å²) in [5.74, 6) is 1.46. The van der Waals surface area contributed by atoms with Crippen LogP contribution in [0.5, 0.6) is 11.5 Å². The third-order valence-corrected chi connectivity index (χ3v) is 7.15. The third-order valence-electron chi connectivity index (χ3n) is 7.06. The van der Waals surface area contributed by atoms with Gasteiger partial charge in [0.2, 0.25) is 0 Å². The topological polar surface area (TPSA) is 92.3 Å². The average Bonchev–Trinajstić information content (AvgIpc) is 2.99. The van der Waals surface area contributed by atoms with Crippen LogP contribution in [0.4, 0.5) is 0 Å². The maximum Gasteiger partial charge on any atom is 0.184 e. The molecule has 2 aliphatic heterocycles. The highest BCUT2D eigenvalue weighted by Gasteiger charge is 2.72. The Morgan fingerprint density at radius 1 is 1.48 bits per heavy atom. The molecule has 4 aliphatic rings. The summed E-state index contributed by atoms with van der Waals surface area (Å²) in [5, 5.41) is 16.6. The minimum Gasteiger partial charge on any atom is -0.493 e. The lowest BCUT2D eigenvalue weighted by atomic mass is 9.49. The summed E-state index contributed by atoms with van der Waals surface area (Å²) >= 11 is 4.91. The van der Waals surface area contributed by atoms with Crippen molar-refractivity contribution in [3.63, 3.8) is 0 Å². The van der Waals surface area contributed by atoms with Crippen molar-refractivity contribution in [2.24, 2.45) is 10.8 Å².